The highest BCUT2D eigenvalue weighted by Gasteiger charge is 2.09. The van der Waals surface area contributed by atoms with Gasteiger partial charge in [-0.05, 0) is 37.1 Å². The van der Waals surface area contributed by atoms with Crippen molar-refractivity contribution < 1.29 is 8.76 Å². The molecule has 0 spiro atoms. The van der Waals surface area contributed by atoms with Crippen LogP contribution in [-0.2, 0) is 11.1 Å². The quantitative estimate of drug-likeness (QED) is 0.824. The number of hydrogen-bond donors (Lipinski definition) is 1. The fourth-order valence-electron chi connectivity index (χ4n) is 2.28. The lowest BCUT2D eigenvalue weighted by Gasteiger charge is -2.26. The van der Waals surface area contributed by atoms with Crippen LogP contribution in [0.2, 0.25) is 0 Å². The van der Waals surface area contributed by atoms with Crippen molar-refractivity contribution in [3.05, 3.63) is 24.3 Å². The smallest absolute Gasteiger partial charge is 0.186 e. The van der Waals surface area contributed by atoms with Gasteiger partial charge in [0, 0.05) is 18.8 Å². The molecule has 1 unspecified atom stereocenters. The topological polar surface area (TPSA) is 40.5 Å². The highest BCUT2D eigenvalue weighted by Crippen LogP contribution is 2.20. The van der Waals surface area contributed by atoms with Gasteiger partial charge in [0.1, 0.15) is 0 Å². The van der Waals surface area contributed by atoms with Crippen LogP contribution in [0.15, 0.2) is 29.2 Å². The normalized spacial score (nSPS) is 19.5. The van der Waals surface area contributed by atoms with Crippen molar-refractivity contribution in [3.8, 4) is 0 Å². The van der Waals surface area contributed by atoms with Crippen LogP contribution in [0.1, 0.15) is 32.1 Å². The van der Waals surface area contributed by atoms with Crippen LogP contribution in [0.5, 0.6) is 0 Å². The maximum Gasteiger partial charge on any atom is 0.186 e. The van der Waals surface area contributed by atoms with Gasteiger partial charge < -0.3 is 9.45 Å². The molecule has 17 heavy (non-hydrogen) atoms. The summed E-state index contributed by atoms with van der Waals surface area (Å²) in [6.07, 6.45) is 6.47. The van der Waals surface area contributed by atoms with E-state index in [1.165, 1.54) is 37.8 Å². The Kier molecular flexibility index (Phi) is 4.57. The summed E-state index contributed by atoms with van der Waals surface area (Å²) < 4.78 is 19.9. The highest BCUT2D eigenvalue weighted by atomic mass is 32.2. The molecule has 1 aliphatic rings. The van der Waals surface area contributed by atoms with Gasteiger partial charge in [0.2, 0.25) is 0 Å². The number of hydrogen-bond acceptors (Lipinski definition) is 2. The Balaban J connectivity index is 2.06. The third kappa shape index (κ3) is 3.54. The zero-order valence-corrected chi connectivity index (χ0v) is 10.8. The molecule has 1 atom stereocenters. The van der Waals surface area contributed by atoms with E-state index in [0.717, 1.165) is 13.1 Å². The SMILES string of the molecule is O=S(O)c1ccc(N2CCCCCCC2)cc1. The average Bonchev–Trinajstić information content (AvgIpc) is 2.29. The number of nitrogens with zero attached hydrogens (tertiary/aromatic N) is 1. The standard InChI is InChI=1S/C13H19NO2S/c15-17(16)13-8-6-12(7-9-13)14-10-4-2-1-3-5-11-14/h6-9H,1-5,10-11H2,(H,15,16). The van der Waals surface area contributed by atoms with Crippen molar-refractivity contribution in [2.45, 2.75) is 37.0 Å². The van der Waals surface area contributed by atoms with Crippen molar-refractivity contribution in [1.29, 1.82) is 0 Å². The molecule has 3 nitrogen and oxygen atoms in total. The molecule has 1 N–H and O–H groups in total. The van der Waals surface area contributed by atoms with Crippen LogP contribution >= 0.6 is 0 Å². The maximum absolute atomic E-state index is 10.9. The van der Waals surface area contributed by atoms with E-state index in [-0.39, 0.29) is 0 Å². The molecular formula is C13H19NO2S. The minimum atomic E-state index is -1.87. The Morgan fingerprint density at radius 1 is 0.941 bits per heavy atom. The van der Waals surface area contributed by atoms with Gasteiger partial charge in [-0.3, -0.25) is 0 Å². The predicted molar refractivity (Wildman–Crippen MR) is 70.8 cm³/mol. The summed E-state index contributed by atoms with van der Waals surface area (Å²) in [6.45, 7) is 2.20. The lowest BCUT2D eigenvalue weighted by atomic mass is 10.1. The first-order chi connectivity index (χ1) is 8.27. The number of anilines is 1. The van der Waals surface area contributed by atoms with Crippen molar-refractivity contribution in [2.75, 3.05) is 18.0 Å². The summed E-state index contributed by atoms with van der Waals surface area (Å²) in [4.78, 5) is 2.85. The van der Waals surface area contributed by atoms with E-state index >= 15 is 0 Å². The van der Waals surface area contributed by atoms with Gasteiger partial charge in [0.25, 0.3) is 0 Å². The molecule has 2 rings (SSSR count). The number of benzene rings is 1. The van der Waals surface area contributed by atoms with Gasteiger partial charge in [-0.15, -0.1) is 0 Å². The first-order valence-corrected chi connectivity index (χ1v) is 7.34. The largest absolute Gasteiger partial charge is 0.372 e. The van der Waals surface area contributed by atoms with Crippen LogP contribution in [0.25, 0.3) is 0 Å². The Morgan fingerprint density at radius 3 is 2.00 bits per heavy atom. The summed E-state index contributed by atoms with van der Waals surface area (Å²) in [5, 5.41) is 0. The van der Waals surface area contributed by atoms with E-state index in [4.69, 9.17) is 4.55 Å². The summed E-state index contributed by atoms with van der Waals surface area (Å²) >= 11 is -1.87. The number of rotatable bonds is 2. The van der Waals surface area contributed by atoms with Crippen molar-refractivity contribution in [3.63, 3.8) is 0 Å². The van der Waals surface area contributed by atoms with Crippen LogP contribution in [-0.4, -0.2) is 21.9 Å². The van der Waals surface area contributed by atoms with E-state index in [2.05, 4.69) is 4.90 Å². The first kappa shape index (κ1) is 12.6. The van der Waals surface area contributed by atoms with Crippen LogP contribution in [0.4, 0.5) is 5.69 Å². The van der Waals surface area contributed by atoms with Crippen LogP contribution in [0, 0.1) is 0 Å². The lowest BCUT2D eigenvalue weighted by molar-refractivity contribution is 0.556. The lowest BCUT2D eigenvalue weighted by Crippen LogP contribution is -2.26. The van der Waals surface area contributed by atoms with E-state index < -0.39 is 11.1 Å². The fourth-order valence-corrected chi connectivity index (χ4v) is 2.65. The molecule has 0 aromatic heterocycles. The van der Waals surface area contributed by atoms with Gasteiger partial charge in [0.05, 0.1) is 4.90 Å². The minimum absolute atomic E-state index is 0.473. The van der Waals surface area contributed by atoms with Crippen molar-refractivity contribution in [2.24, 2.45) is 0 Å². The van der Waals surface area contributed by atoms with Gasteiger partial charge in [-0.25, -0.2) is 4.21 Å². The Hall–Kier alpha value is -0.870. The Labute approximate surface area is 105 Å². The predicted octanol–water partition coefficient (Wildman–Crippen LogP) is 3.04. The maximum atomic E-state index is 10.9. The molecule has 1 saturated heterocycles. The van der Waals surface area contributed by atoms with E-state index in [1.54, 1.807) is 12.1 Å². The van der Waals surface area contributed by atoms with Crippen molar-refractivity contribution in [1.82, 2.24) is 0 Å². The Bertz CT molecular complexity index is 370. The van der Waals surface area contributed by atoms with Gasteiger partial charge in [-0.1, -0.05) is 19.3 Å². The van der Waals surface area contributed by atoms with Crippen LogP contribution in [0.3, 0.4) is 0 Å². The van der Waals surface area contributed by atoms with Crippen LogP contribution < -0.4 is 4.90 Å². The molecule has 1 heterocycles. The average molecular weight is 253 g/mol. The second-order valence-corrected chi connectivity index (χ2v) is 5.47. The van der Waals surface area contributed by atoms with E-state index in [9.17, 15) is 4.21 Å². The van der Waals surface area contributed by atoms with Gasteiger partial charge in [0.15, 0.2) is 11.1 Å². The highest BCUT2D eigenvalue weighted by molar-refractivity contribution is 7.79. The molecule has 1 aliphatic heterocycles. The van der Waals surface area contributed by atoms with E-state index in [0.29, 0.717) is 4.90 Å². The molecule has 0 radical (unpaired) electrons. The third-order valence-electron chi connectivity index (χ3n) is 3.26. The molecular weight excluding hydrogens is 234 g/mol. The molecule has 0 saturated carbocycles. The molecule has 94 valence electrons. The molecule has 0 bridgehead atoms. The second kappa shape index (κ2) is 6.17. The molecule has 1 aromatic rings. The first-order valence-electron chi connectivity index (χ1n) is 6.23. The summed E-state index contributed by atoms with van der Waals surface area (Å²) in [5.74, 6) is 0. The summed E-state index contributed by atoms with van der Waals surface area (Å²) in [7, 11) is 0. The zero-order chi connectivity index (χ0) is 12.1. The molecule has 1 aromatic carbocycles. The third-order valence-corrected chi connectivity index (χ3v) is 3.93. The summed E-state index contributed by atoms with van der Waals surface area (Å²) in [5.41, 5.74) is 1.17. The zero-order valence-electron chi connectivity index (χ0n) is 9.97. The van der Waals surface area contributed by atoms with Gasteiger partial charge >= 0.3 is 0 Å². The molecule has 1 fully saturated rings. The van der Waals surface area contributed by atoms with E-state index in [1.807, 2.05) is 12.1 Å². The molecule has 4 heteroatoms. The Morgan fingerprint density at radius 2 is 1.47 bits per heavy atom. The molecule has 0 amide bonds. The monoisotopic (exact) mass is 253 g/mol. The molecule has 0 aliphatic carbocycles. The van der Waals surface area contributed by atoms with Gasteiger partial charge in [-0.2, -0.15) is 0 Å². The fraction of sp³-hybridized carbons (Fsp3) is 0.538. The summed E-state index contributed by atoms with van der Waals surface area (Å²) in [6, 6.07) is 7.38. The van der Waals surface area contributed by atoms with Crippen molar-refractivity contribution >= 4 is 16.8 Å². The second-order valence-electron chi connectivity index (χ2n) is 4.50. The minimum Gasteiger partial charge on any atom is -0.372 e.